The lowest BCUT2D eigenvalue weighted by Crippen LogP contribution is -1.93. The van der Waals surface area contributed by atoms with Crippen LogP contribution in [0.25, 0.3) is 0 Å². The van der Waals surface area contributed by atoms with Gasteiger partial charge in [0.15, 0.2) is 0 Å². The molecule has 0 aliphatic rings. The minimum Gasteiger partial charge on any atom is -0.353 e. The molecule has 0 aliphatic heterocycles. The number of pyridine rings is 1. The third-order valence-electron chi connectivity index (χ3n) is 2.09. The number of hydrogen-bond donors (Lipinski definition) is 1. The zero-order valence-electron chi connectivity index (χ0n) is 8.61. The number of halogens is 2. The van der Waals surface area contributed by atoms with E-state index in [1.54, 1.807) is 18.2 Å². The van der Waals surface area contributed by atoms with Crippen molar-refractivity contribution in [1.82, 2.24) is 4.98 Å². The van der Waals surface area contributed by atoms with Gasteiger partial charge in [-0.1, -0.05) is 0 Å². The Bertz CT molecular complexity index is 575. The van der Waals surface area contributed by atoms with Crippen molar-refractivity contribution >= 4 is 27.3 Å². The highest BCUT2D eigenvalue weighted by Gasteiger charge is 2.02. The van der Waals surface area contributed by atoms with Crippen molar-refractivity contribution in [2.45, 2.75) is 0 Å². The van der Waals surface area contributed by atoms with E-state index in [0.717, 1.165) is 4.47 Å². The van der Waals surface area contributed by atoms with E-state index in [-0.39, 0.29) is 5.82 Å². The van der Waals surface area contributed by atoms with Crippen LogP contribution in [0, 0.1) is 17.1 Å². The minimum atomic E-state index is -0.322. The molecule has 2 aromatic rings. The van der Waals surface area contributed by atoms with Crippen LogP contribution >= 0.6 is 15.9 Å². The van der Waals surface area contributed by atoms with E-state index in [4.69, 9.17) is 5.26 Å². The monoisotopic (exact) mass is 291 g/mol. The van der Waals surface area contributed by atoms with Gasteiger partial charge in [-0.3, -0.25) is 0 Å². The van der Waals surface area contributed by atoms with Gasteiger partial charge in [0.2, 0.25) is 0 Å². The molecule has 2 rings (SSSR count). The summed E-state index contributed by atoms with van der Waals surface area (Å²) in [5, 5.41) is 11.6. The average Bonchev–Trinajstić information content (AvgIpc) is 2.35. The molecule has 1 heterocycles. The summed E-state index contributed by atoms with van der Waals surface area (Å²) in [6, 6.07) is 9.60. The zero-order chi connectivity index (χ0) is 12.3. The first-order valence-corrected chi connectivity index (χ1v) is 5.56. The van der Waals surface area contributed by atoms with E-state index in [1.165, 1.54) is 18.3 Å². The minimum absolute atomic E-state index is 0.322. The summed E-state index contributed by atoms with van der Waals surface area (Å²) >= 11 is 3.31. The van der Waals surface area contributed by atoms with Crippen LogP contribution < -0.4 is 5.32 Å². The van der Waals surface area contributed by atoms with Gasteiger partial charge < -0.3 is 5.32 Å². The smallest absolute Gasteiger partial charge is 0.140 e. The van der Waals surface area contributed by atoms with Crippen LogP contribution in [0.1, 0.15) is 5.69 Å². The fraction of sp³-hybridized carbons (Fsp3) is 0. The number of benzene rings is 1. The number of nitriles is 1. The predicted octanol–water partition coefficient (Wildman–Crippen LogP) is 3.60. The molecule has 3 nitrogen and oxygen atoms in total. The molecule has 0 atom stereocenters. The Labute approximate surface area is 106 Å². The van der Waals surface area contributed by atoms with Gasteiger partial charge in [0.25, 0.3) is 0 Å². The molecule has 5 heteroatoms. The van der Waals surface area contributed by atoms with Gasteiger partial charge in [0, 0.05) is 4.47 Å². The van der Waals surface area contributed by atoms with E-state index in [2.05, 4.69) is 26.2 Å². The van der Waals surface area contributed by atoms with Crippen LogP contribution in [0.3, 0.4) is 0 Å². The Morgan fingerprint density at radius 2 is 2.12 bits per heavy atom. The SMILES string of the molecule is N#Cc1ccc(Nc2cc(F)ccc2Br)cn1. The molecule has 0 radical (unpaired) electrons. The van der Waals surface area contributed by atoms with Crippen molar-refractivity contribution in [3.8, 4) is 6.07 Å². The summed E-state index contributed by atoms with van der Waals surface area (Å²) < 4.78 is 13.8. The van der Waals surface area contributed by atoms with Crippen molar-refractivity contribution in [3.63, 3.8) is 0 Å². The first-order chi connectivity index (χ1) is 8.19. The molecule has 84 valence electrons. The zero-order valence-corrected chi connectivity index (χ0v) is 10.2. The van der Waals surface area contributed by atoms with E-state index in [9.17, 15) is 4.39 Å². The second kappa shape index (κ2) is 4.93. The summed E-state index contributed by atoms with van der Waals surface area (Å²) in [7, 11) is 0. The molecular formula is C12H7BrFN3. The Kier molecular flexibility index (Phi) is 3.35. The Morgan fingerprint density at radius 1 is 1.29 bits per heavy atom. The van der Waals surface area contributed by atoms with E-state index >= 15 is 0 Å². The van der Waals surface area contributed by atoms with Gasteiger partial charge in [-0.05, 0) is 46.3 Å². The van der Waals surface area contributed by atoms with Crippen molar-refractivity contribution < 1.29 is 4.39 Å². The average molecular weight is 292 g/mol. The van der Waals surface area contributed by atoms with Crippen LogP contribution in [0.4, 0.5) is 15.8 Å². The highest BCUT2D eigenvalue weighted by Crippen LogP contribution is 2.26. The molecule has 0 aliphatic carbocycles. The lowest BCUT2D eigenvalue weighted by atomic mass is 10.3. The molecule has 1 aromatic heterocycles. The highest BCUT2D eigenvalue weighted by atomic mass is 79.9. The van der Waals surface area contributed by atoms with Gasteiger partial charge >= 0.3 is 0 Å². The van der Waals surface area contributed by atoms with Crippen molar-refractivity contribution in [1.29, 1.82) is 5.26 Å². The summed E-state index contributed by atoms with van der Waals surface area (Å²) in [5.41, 5.74) is 1.64. The van der Waals surface area contributed by atoms with Crippen LogP contribution in [0.2, 0.25) is 0 Å². The number of aromatic nitrogens is 1. The molecule has 0 unspecified atom stereocenters. The molecular weight excluding hydrogens is 285 g/mol. The first kappa shape index (κ1) is 11.6. The summed E-state index contributed by atoms with van der Waals surface area (Å²) in [4.78, 5) is 3.91. The van der Waals surface area contributed by atoms with Crippen LogP contribution in [-0.4, -0.2) is 4.98 Å². The van der Waals surface area contributed by atoms with Gasteiger partial charge in [-0.25, -0.2) is 9.37 Å². The third-order valence-corrected chi connectivity index (χ3v) is 2.78. The standard InChI is InChI=1S/C12H7BrFN3/c13-11-4-1-8(14)5-12(11)17-10-3-2-9(6-15)16-7-10/h1-5,7,17H. The van der Waals surface area contributed by atoms with Gasteiger partial charge in [0.05, 0.1) is 17.6 Å². The van der Waals surface area contributed by atoms with Crippen molar-refractivity contribution in [3.05, 3.63) is 52.5 Å². The molecule has 0 spiro atoms. The maximum Gasteiger partial charge on any atom is 0.140 e. The molecule has 0 saturated carbocycles. The van der Waals surface area contributed by atoms with Gasteiger partial charge in [0.1, 0.15) is 17.6 Å². The largest absolute Gasteiger partial charge is 0.353 e. The summed E-state index contributed by atoms with van der Waals surface area (Å²) in [5.74, 6) is -0.322. The van der Waals surface area contributed by atoms with E-state index in [1.807, 2.05) is 6.07 Å². The van der Waals surface area contributed by atoms with Gasteiger partial charge in [-0.2, -0.15) is 5.26 Å². The molecule has 0 amide bonds. The number of nitrogens with zero attached hydrogens (tertiary/aromatic N) is 2. The second-order valence-corrected chi connectivity index (χ2v) is 4.15. The molecule has 1 N–H and O–H groups in total. The summed E-state index contributed by atoms with van der Waals surface area (Å²) in [6.45, 7) is 0. The molecule has 0 saturated heterocycles. The first-order valence-electron chi connectivity index (χ1n) is 4.77. The molecule has 17 heavy (non-hydrogen) atoms. The van der Waals surface area contributed by atoms with Crippen molar-refractivity contribution in [2.75, 3.05) is 5.32 Å². The Morgan fingerprint density at radius 3 is 2.76 bits per heavy atom. The molecule has 0 bridgehead atoms. The summed E-state index contributed by atoms with van der Waals surface area (Å²) in [6.07, 6.45) is 1.52. The number of rotatable bonds is 2. The van der Waals surface area contributed by atoms with Crippen LogP contribution in [-0.2, 0) is 0 Å². The van der Waals surface area contributed by atoms with E-state index < -0.39 is 0 Å². The molecule has 1 aromatic carbocycles. The maximum absolute atomic E-state index is 13.0. The number of nitrogens with one attached hydrogen (secondary N) is 1. The maximum atomic E-state index is 13.0. The highest BCUT2D eigenvalue weighted by molar-refractivity contribution is 9.10. The lowest BCUT2D eigenvalue weighted by molar-refractivity contribution is 0.628. The van der Waals surface area contributed by atoms with E-state index in [0.29, 0.717) is 17.1 Å². The Hall–Kier alpha value is -1.93. The van der Waals surface area contributed by atoms with Crippen LogP contribution in [0.15, 0.2) is 41.0 Å². The predicted molar refractivity (Wildman–Crippen MR) is 66.3 cm³/mol. The number of anilines is 2. The second-order valence-electron chi connectivity index (χ2n) is 3.29. The van der Waals surface area contributed by atoms with Crippen LogP contribution in [0.5, 0.6) is 0 Å². The molecule has 0 fully saturated rings. The third kappa shape index (κ3) is 2.80. The fourth-order valence-corrected chi connectivity index (χ4v) is 1.63. The van der Waals surface area contributed by atoms with Crippen molar-refractivity contribution in [2.24, 2.45) is 0 Å². The normalized spacial score (nSPS) is 9.71. The lowest BCUT2D eigenvalue weighted by Gasteiger charge is -2.08. The number of hydrogen-bond acceptors (Lipinski definition) is 3. The quantitative estimate of drug-likeness (QED) is 0.920. The fourth-order valence-electron chi connectivity index (χ4n) is 1.28. The van der Waals surface area contributed by atoms with Gasteiger partial charge in [-0.15, -0.1) is 0 Å². The Balaban J connectivity index is 2.25. The topological polar surface area (TPSA) is 48.7 Å².